The first kappa shape index (κ1) is 18.6. The van der Waals surface area contributed by atoms with Gasteiger partial charge < -0.3 is 10.6 Å². The van der Waals surface area contributed by atoms with Gasteiger partial charge in [0.25, 0.3) is 0 Å². The molecule has 1 rings (SSSR count). The number of halogens is 1. The number of thioether (sulfide) groups is 1. The summed E-state index contributed by atoms with van der Waals surface area (Å²) in [6, 6.07) is 9.04. The van der Waals surface area contributed by atoms with Crippen molar-refractivity contribution < 1.29 is 0 Å². The first-order chi connectivity index (χ1) is 8.61. The van der Waals surface area contributed by atoms with Crippen LogP contribution in [0.3, 0.4) is 0 Å². The number of benzene rings is 1. The molecule has 1 aromatic rings. The molecule has 0 bridgehead atoms. The maximum Gasteiger partial charge on any atom is 0.191 e. The largest absolute Gasteiger partial charge is 0.356 e. The van der Waals surface area contributed by atoms with Crippen LogP contribution >= 0.6 is 35.7 Å². The predicted octanol–water partition coefficient (Wildman–Crippen LogP) is 3.28. The van der Waals surface area contributed by atoms with Gasteiger partial charge in [-0.25, -0.2) is 0 Å². The first-order valence-electron chi connectivity index (χ1n) is 6.28. The van der Waals surface area contributed by atoms with Crippen LogP contribution in [0, 0.1) is 6.92 Å². The molecule has 0 aromatic heterocycles. The number of nitrogens with zero attached hydrogens (tertiary/aromatic N) is 1. The van der Waals surface area contributed by atoms with Gasteiger partial charge in [-0.2, -0.15) is 0 Å². The van der Waals surface area contributed by atoms with Gasteiger partial charge in [-0.3, -0.25) is 4.99 Å². The zero-order valence-electron chi connectivity index (χ0n) is 12.1. The summed E-state index contributed by atoms with van der Waals surface area (Å²) >= 11 is 1.86. The highest BCUT2D eigenvalue weighted by Gasteiger charge is 1.99. The van der Waals surface area contributed by atoms with Crippen LogP contribution in [0.4, 0.5) is 0 Å². The molecule has 0 aliphatic rings. The topological polar surface area (TPSA) is 36.4 Å². The summed E-state index contributed by atoms with van der Waals surface area (Å²) in [5, 5.41) is 6.57. The number of hydrogen-bond donors (Lipinski definition) is 2. The number of aliphatic imine (C=N–C) groups is 1. The van der Waals surface area contributed by atoms with Gasteiger partial charge in [0, 0.05) is 30.3 Å². The van der Waals surface area contributed by atoms with Gasteiger partial charge in [-0.05, 0) is 32.9 Å². The van der Waals surface area contributed by atoms with Crippen LogP contribution in [0.5, 0.6) is 0 Å². The monoisotopic (exact) mass is 393 g/mol. The van der Waals surface area contributed by atoms with E-state index in [0.717, 1.165) is 18.3 Å². The molecule has 0 saturated carbocycles. The summed E-state index contributed by atoms with van der Waals surface area (Å²) in [4.78, 5) is 5.48. The van der Waals surface area contributed by atoms with Crippen molar-refractivity contribution in [1.82, 2.24) is 10.6 Å². The molecule has 0 unspecified atom stereocenters. The quantitative estimate of drug-likeness (QED) is 0.265. The van der Waals surface area contributed by atoms with Gasteiger partial charge in [0.1, 0.15) is 0 Å². The molecule has 0 radical (unpaired) electrons. The van der Waals surface area contributed by atoms with Gasteiger partial charge in [0.2, 0.25) is 0 Å². The second-order valence-corrected chi connectivity index (χ2v) is 5.63. The SMILES string of the molecule is CN=C(NCCSc1ccc(C)cc1)NC(C)C.I. The molecule has 0 amide bonds. The second-order valence-electron chi connectivity index (χ2n) is 4.46. The van der Waals surface area contributed by atoms with Crippen LogP contribution in [0.15, 0.2) is 34.2 Å². The zero-order valence-corrected chi connectivity index (χ0v) is 15.2. The van der Waals surface area contributed by atoms with E-state index < -0.39 is 0 Å². The Balaban J connectivity index is 0.00000324. The van der Waals surface area contributed by atoms with Crippen molar-refractivity contribution in [3.63, 3.8) is 0 Å². The van der Waals surface area contributed by atoms with Crippen molar-refractivity contribution in [2.45, 2.75) is 31.7 Å². The Morgan fingerprint density at radius 2 is 1.89 bits per heavy atom. The molecule has 0 atom stereocenters. The Morgan fingerprint density at radius 3 is 2.42 bits per heavy atom. The highest BCUT2D eigenvalue weighted by molar-refractivity contribution is 14.0. The Labute approximate surface area is 138 Å². The summed E-state index contributed by atoms with van der Waals surface area (Å²) < 4.78 is 0. The second kappa shape index (κ2) is 10.4. The van der Waals surface area contributed by atoms with Crippen molar-refractivity contribution in [2.24, 2.45) is 4.99 Å². The third-order valence-corrected chi connectivity index (χ3v) is 3.35. The van der Waals surface area contributed by atoms with Crippen molar-refractivity contribution in [1.29, 1.82) is 0 Å². The van der Waals surface area contributed by atoms with Crippen LogP contribution in [-0.2, 0) is 0 Å². The lowest BCUT2D eigenvalue weighted by molar-refractivity contribution is 0.706. The Hall–Kier alpha value is -0.430. The molecule has 0 aliphatic carbocycles. The van der Waals surface area contributed by atoms with Gasteiger partial charge in [0.05, 0.1) is 0 Å². The van der Waals surface area contributed by atoms with Gasteiger partial charge >= 0.3 is 0 Å². The van der Waals surface area contributed by atoms with E-state index in [9.17, 15) is 0 Å². The third kappa shape index (κ3) is 8.36. The van der Waals surface area contributed by atoms with Gasteiger partial charge in [0.15, 0.2) is 5.96 Å². The Morgan fingerprint density at radius 1 is 1.26 bits per heavy atom. The molecule has 0 heterocycles. The standard InChI is InChI=1S/C14H23N3S.HI/c1-11(2)17-14(15-4)16-9-10-18-13-7-5-12(3)6-8-13;/h5-8,11H,9-10H2,1-4H3,(H2,15,16,17);1H. The summed E-state index contributed by atoms with van der Waals surface area (Å²) in [6.45, 7) is 7.23. The average molecular weight is 393 g/mol. The lowest BCUT2D eigenvalue weighted by Crippen LogP contribution is -2.41. The highest BCUT2D eigenvalue weighted by Crippen LogP contribution is 2.17. The average Bonchev–Trinajstić information content (AvgIpc) is 2.34. The van der Waals surface area contributed by atoms with E-state index >= 15 is 0 Å². The Bertz CT molecular complexity index is 377. The fourth-order valence-electron chi connectivity index (χ4n) is 1.44. The number of guanidine groups is 1. The fourth-order valence-corrected chi connectivity index (χ4v) is 2.21. The van der Waals surface area contributed by atoms with E-state index in [2.05, 4.69) is 60.7 Å². The van der Waals surface area contributed by atoms with Crippen LogP contribution in [0.1, 0.15) is 19.4 Å². The van der Waals surface area contributed by atoms with Crippen molar-refractivity contribution in [2.75, 3.05) is 19.3 Å². The minimum Gasteiger partial charge on any atom is -0.356 e. The molecule has 0 fully saturated rings. The maximum absolute atomic E-state index is 4.17. The van der Waals surface area contributed by atoms with Crippen LogP contribution < -0.4 is 10.6 Å². The van der Waals surface area contributed by atoms with E-state index in [1.165, 1.54) is 10.5 Å². The van der Waals surface area contributed by atoms with Crippen molar-refractivity contribution in [3.05, 3.63) is 29.8 Å². The number of rotatable bonds is 5. The van der Waals surface area contributed by atoms with E-state index in [1.807, 2.05) is 11.8 Å². The molecule has 108 valence electrons. The van der Waals surface area contributed by atoms with Gasteiger partial charge in [-0.15, -0.1) is 35.7 Å². The summed E-state index contributed by atoms with van der Waals surface area (Å²) in [5.41, 5.74) is 1.30. The number of hydrogen-bond acceptors (Lipinski definition) is 2. The first-order valence-corrected chi connectivity index (χ1v) is 7.27. The number of aryl methyl sites for hydroxylation is 1. The summed E-state index contributed by atoms with van der Waals surface area (Å²) in [5.74, 6) is 1.90. The molecule has 19 heavy (non-hydrogen) atoms. The van der Waals surface area contributed by atoms with Crippen LogP contribution in [-0.4, -0.2) is 31.3 Å². The van der Waals surface area contributed by atoms with Gasteiger partial charge in [-0.1, -0.05) is 17.7 Å². The molecule has 0 saturated heterocycles. The minimum absolute atomic E-state index is 0. The predicted molar refractivity (Wildman–Crippen MR) is 97.0 cm³/mol. The van der Waals surface area contributed by atoms with E-state index in [4.69, 9.17) is 0 Å². The number of nitrogens with one attached hydrogen (secondary N) is 2. The lowest BCUT2D eigenvalue weighted by Gasteiger charge is -2.14. The molecule has 0 spiro atoms. The molecular formula is C14H24IN3S. The third-order valence-electron chi connectivity index (χ3n) is 2.33. The van der Waals surface area contributed by atoms with E-state index in [0.29, 0.717) is 6.04 Å². The highest BCUT2D eigenvalue weighted by atomic mass is 127. The van der Waals surface area contributed by atoms with Crippen LogP contribution in [0.2, 0.25) is 0 Å². The lowest BCUT2D eigenvalue weighted by atomic mass is 10.2. The van der Waals surface area contributed by atoms with E-state index in [1.54, 1.807) is 7.05 Å². The van der Waals surface area contributed by atoms with E-state index in [-0.39, 0.29) is 24.0 Å². The zero-order chi connectivity index (χ0) is 13.4. The van der Waals surface area contributed by atoms with Crippen molar-refractivity contribution >= 4 is 41.7 Å². The molecule has 2 N–H and O–H groups in total. The Kier molecular flexibility index (Phi) is 10.1. The normalized spacial score (nSPS) is 11.1. The molecule has 3 nitrogen and oxygen atoms in total. The minimum atomic E-state index is 0. The molecule has 1 aromatic carbocycles. The molecule has 5 heteroatoms. The fraction of sp³-hybridized carbons (Fsp3) is 0.500. The molecular weight excluding hydrogens is 369 g/mol. The van der Waals surface area contributed by atoms with Crippen molar-refractivity contribution in [3.8, 4) is 0 Å². The summed E-state index contributed by atoms with van der Waals surface area (Å²) in [7, 11) is 1.80. The van der Waals surface area contributed by atoms with Crippen LogP contribution in [0.25, 0.3) is 0 Å². The maximum atomic E-state index is 4.17. The smallest absolute Gasteiger partial charge is 0.191 e. The molecule has 0 aliphatic heterocycles. The summed E-state index contributed by atoms with van der Waals surface area (Å²) in [6.07, 6.45) is 0.